The van der Waals surface area contributed by atoms with Gasteiger partial charge in [0, 0.05) is 31.0 Å². The lowest BCUT2D eigenvalue weighted by molar-refractivity contribution is 0.470. The van der Waals surface area contributed by atoms with E-state index < -0.39 is 0 Å². The zero-order chi connectivity index (χ0) is 11.5. The molecule has 0 amide bonds. The van der Waals surface area contributed by atoms with Crippen molar-refractivity contribution in [2.75, 3.05) is 11.9 Å². The van der Waals surface area contributed by atoms with Gasteiger partial charge >= 0.3 is 0 Å². The predicted octanol–water partition coefficient (Wildman–Crippen LogP) is 2.17. The molecule has 0 aliphatic rings. The van der Waals surface area contributed by atoms with E-state index in [9.17, 15) is 0 Å². The fraction of sp³-hybridized carbons (Fsp3) is 0.583. The fourth-order valence-corrected chi connectivity index (χ4v) is 1.37. The van der Waals surface area contributed by atoms with Gasteiger partial charge in [-0.3, -0.25) is 4.98 Å². The fourth-order valence-electron chi connectivity index (χ4n) is 1.37. The quantitative estimate of drug-likeness (QED) is 0.822. The minimum Gasteiger partial charge on any atom is -0.369 e. The van der Waals surface area contributed by atoms with Gasteiger partial charge in [0.05, 0.1) is 5.69 Å². The summed E-state index contributed by atoms with van der Waals surface area (Å²) in [6.07, 6.45) is 2.92. The van der Waals surface area contributed by atoms with Crippen LogP contribution in [0.15, 0.2) is 18.3 Å². The molecule has 0 aliphatic heterocycles. The van der Waals surface area contributed by atoms with Crippen LogP contribution in [-0.4, -0.2) is 17.6 Å². The van der Waals surface area contributed by atoms with Gasteiger partial charge in [-0.1, -0.05) is 6.92 Å². The van der Waals surface area contributed by atoms with Crippen LogP contribution in [0.1, 0.15) is 32.9 Å². The second kappa shape index (κ2) is 4.62. The average molecular weight is 207 g/mol. The molecule has 0 bridgehead atoms. The largest absolute Gasteiger partial charge is 0.369 e. The van der Waals surface area contributed by atoms with Gasteiger partial charge in [-0.2, -0.15) is 0 Å². The van der Waals surface area contributed by atoms with Crippen molar-refractivity contribution in [3.63, 3.8) is 0 Å². The van der Waals surface area contributed by atoms with Crippen LogP contribution in [0.3, 0.4) is 0 Å². The van der Waals surface area contributed by atoms with Crippen LogP contribution in [0.5, 0.6) is 0 Å². The highest BCUT2D eigenvalue weighted by atomic mass is 15.2. The van der Waals surface area contributed by atoms with Gasteiger partial charge in [0.25, 0.3) is 0 Å². The van der Waals surface area contributed by atoms with Crippen molar-refractivity contribution in [2.24, 2.45) is 5.73 Å². The molecule has 0 radical (unpaired) electrons. The predicted molar refractivity (Wildman–Crippen MR) is 64.9 cm³/mol. The number of nitrogens with zero attached hydrogens (tertiary/aromatic N) is 2. The highest BCUT2D eigenvalue weighted by Crippen LogP contribution is 2.24. The highest BCUT2D eigenvalue weighted by molar-refractivity contribution is 5.48. The Morgan fingerprint density at radius 1 is 1.47 bits per heavy atom. The number of rotatable bonds is 4. The van der Waals surface area contributed by atoms with E-state index in [4.69, 9.17) is 5.73 Å². The molecular formula is C12H21N3. The number of nitrogens with two attached hydrogens (primary N) is 1. The first kappa shape index (κ1) is 12.0. The van der Waals surface area contributed by atoms with Crippen LogP contribution in [-0.2, 0) is 6.54 Å². The van der Waals surface area contributed by atoms with E-state index in [1.54, 1.807) is 0 Å². The highest BCUT2D eigenvalue weighted by Gasteiger charge is 2.21. The molecule has 0 fully saturated rings. The van der Waals surface area contributed by atoms with Crippen LogP contribution < -0.4 is 10.6 Å². The molecule has 0 saturated carbocycles. The zero-order valence-electron chi connectivity index (χ0n) is 10.1. The Balaban J connectivity index is 2.95. The van der Waals surface area contributed by atoms with Crippen molar-refractivity contribution in [1.82, 2.24) is 4.98 Å². The van der Waals surface area contributed by atoms with Crippen molar-refractivity contribution in [1.29, 1.82) is 0 Å². The molecule has 3 heteroatoms. The Labute approximate surface area is 92.3 Å². The maximum absolute atomic E-state index is 5.58. The van der Waals surface area contributed by atoms with Crippen LogP contribution in [0.2, 0.25) is 0 Å². The molecule has 0 saturated heterocycles. The molecule has 1 rings (SSSR count). The summed E-state index contributed by atoms with van der Waals surface area (Å²) in [6, 6.07) is 4.08. The van der Waals surface area contributed by atoms with Crippen molar-refractivity contribution in [3.05, 3.63) is 24.0 Å². The minimum atomic E-state index is 0.160. The summed E-state index contributed by atoms with van der Waals surface area (Å²) in [5.41, 5.74) is 7.85. The Morgan fingerprint density at radius 2 is 2.13 bits per heavy atom. The molecule has 3 nitrogen and oxygen atoms in total. The molecule has 1 heterocycles. The molecular weight excluding hydrogens is 186 g/mol. The standard InChI is InChI=1S/C12H21N3/c1-5-12(2,3)15(4)11-6-7-14-10(8-11)9-13/h6-8H,5,9,13H2,1-4H3. The second-order valence-electron chi connectivity index (χ2n) is 4.43. The van der Waals surface area contributed by atoms with Crippen LogP contribution in [0.4, 0.5) is 5.69 Å². The van der Waals surface area contributed by atoms with Gasteiger partial charge in [-0.25, -0.2) is 0 Å². The van der Waals surface area contributed by atoms with Crippen molar-refractivity contribution in [2.45, 2.75) is 39.3 Å². The molecule has 2 N–H and O–H groups in total. The van der Waals surface area contributed by atoms with Gasteiger partial charge in [0.2, 0.25) is 0 Å². The van der Waals surface area contributed by atoms with Gasteiger partial charge in [0.15, 0.2) is 0 Å². The van der Waals surface area contributed by atoms with Gasteiger partial charge in [0.1, 0.15) is 0 Å². The van der Waals surface area contributed by atoms with E-state index in [0.717, 1.165) is 12.1 Å². The Bertz CT molecular complexity index is 320. The van der Waals surface area contributed by atoms with E-state index in [2.05, 4.69) is 43.8 Å². The number of hydrogen-bond donors (Lipinski definition) is 1. The van der Waals surface area contributed by atoms with Gasteiger partial charge in [-0.05, 0) is 32.4 Å². The molecule has 15 heavy (non-hydrogen) atoms. The van der Waals surface area contributed by atoms with E-state index in [1.807, 2.05) is 12.3 Å². The number of pyridine rings is 1. The van der Waals surface area contributed by atoms with Crippen molar-refractivity contribution in [3.8, 4) is 0 Å². The smallest absolute Gasteiger partial charge is 0.0560 e. The summed E-state index contributed by atoms with van der Waals surface area (Å²) < 4.78 is 0. The molecule has 1 aromatic heterocycles. The number of aromatic nitrogens is 1. The molecule has 0 aliphatic carbocycles. The normalized spacial score (nSPS) is 11.5. The summed E-state index contributed by atoms with van der Waals surface area (Å²) in [5.74, 6) is 0. The van der Waals surface area contributed by atoms with E-state index in [-0.39, 0.29) is 5.54 Å². The van der Waals surface area contributed by atoms with Crippen LogP contribution in [0.25, 0.3) is 0 Å². The molecule has 84 valence electrons. The second-order valence-corrected chi connectivity index (χ2v) is 4.43. The number of hydrogen-bond acceptors (Lipinski definition) is 3. The maximum Gasteiger partial charge on any atom is 0.0560 e. The van der Waals surface area contributed by atoms with Crippen molar-refractivity contribution < 1.29 is 0 Å². The van der Waals surface area contributed by atoms with Crippen LogP contribution >= 0.6 is 0 Å². The summed E-state index contributed by atoms with van der Waals surface area (Å²) in [6.45, 7) is 7.15. The first-order valence-electron chi connectivity index (χ1n) is 5.40. The number of anilines is 1. The topological polar surface area (TPSA) is 42.2 Å². The third-order valence-electron chi connectivity index (χ3n) is 3.17. The van der Waals surface area contributed by atoms with Crippen LogP contribution in [0, 0.1) is 0 Å². The summed E-state index contributed by atoms with van der Waals surface area (Å²) in [7, 11) is 2.11. The lowest BCUT2D eigenvalue weighted by atomic mass is 9.99. The van der Waals surface area contributed by atoms with E-state index in [1.165, 1.54) is 5.69 Å². The SMILES string of the molecule is CCC(C)(C)N(C)c1ccnc(CN)c1. The lowest BCUT2D eigenvalue weighted by Crippen LogP contribution is -2.40. The van der Waals surface area contributed by atoms with Crippen molar-refractivity contribution >= 4 is 5.69 Å². The third kappa shape index (κ3) is 2.69. The molecule has 0 unspecified atom stereocenters. The molecule has 0 aromatic carbocycles. The van der Waals surface area contributed by atoms with E-state index in [0.29, 0.717) is 6.54 Å². The summed E-state index contributed by atoms with van der Waals surface area (Å²) >= 11 is 0. The third-order valence-corrected chi connectivity index (χ3v) is 3.17. The molecule has 1 aromatic rings. The molecule has 0 spiro atoms. The zero-order valence-corrected chi connectivity index (χ0v) is 10.1. The van der Waals surface area contributed by atoms with E-state index >= 15 is 0 Å². The lowest BCUT2D eigenvalue weighted by Gasteiger charge is -2.36. The monoisotopic (exact) mass is 207 g/mol. The Kier molecular flexibility index (Phi) is 3.69. The Hall–Kier alpha value is -1.09. The maximum atomic E-state index is 5.58. The summed E-state index contributed by atoms with van der Waals surface area (Å²) in [4.78, 5) is 6.47. The van der Waals surface area contributed by atoms with Gasteiger partial charge in [-0.15, -0.1) is 0 Å². The Morgan fingerprint density at radius 3 is 2.67 bits per heavy atom. The first-order valence-corrected chi connectivity index (χ1v) is 5.40. The minimum absolute atomic E-state index is 0.160. The molecule has 0 atom stereocenters. The summed E-state index contributed by atoms with van der Waals surface area (Å²) in [5, 5.41) is 0. The first-order chi connectivity index (χ1) is 7.01. The average Bonchev–Trinajstić information content (AvgIpc) is 2.28. The van der Waals surface area contributed by atoms with Gasteiger partial charge < -0.3 is 10.6 Å².